The van der Waals surface area contributed by atoms with Gasteiger partial charge in [-0.1, -0.05) is 12.1 Å². The van der Waals surface area contributed by atoms with Gasteiger partial charge in [-0.05, 0) is 72.1 Å². The van der Waals surface area contributed by atoms with Gasteiger partial charge in [-0.3, -0.25) is 9.11 Å². The van der Waals surface area contributed by atoms with Gasteiger partial charge in [0.25, 0.3) is 20.2 Å². The van der Waals surface area contributed by atoms with Crippen molar-refractivity contribution in [2.24, 2.45) is 20.5 Å². The number of phenols is 1. The minimum atomic E-state index is -4.37. The molecule has 0 amide bonds. The fraction of sp³-hybridized carbons (Fsp3) is 0. The first kappa shape index (κ1) is 27.5. The Bertz CT molecular complexity index is 1690. The van der Waals surface area contributed by atoms with Gasteiger partial charge in [0, 0.05) is 5.39 Å². The molecule has 0 saturated carbocycles. The molecule has 0 unspecified atom stereocenters. The van der Waals surface area contributed by atoms with Crippen LogP contribution in [0.4, 0.5) is 22.7 Å². The second kappa shape index (κ2) is 10.9. The molecular formula is C22H16N4NaO7S2+. The van der Waals surface area contributed by atoms with Gasteiger partial charge >= 0.3 is 29.6 Å². The maximum Gasteiger partial charge on any atom is 1.00 e. The van der Waals surface area contributed by atoms with Crippen LogP contribution in [0, 0.1) is 0 Å². The molecule has 0 aromatic heterocycles. The maximum atomic E-state index is 11.4. The quantitative estimate of drug-likeness (QED) is 0.193. The van der Waals surface area contributed by atoms with E-state index < -0.39 is 20.2 Å². The number of nitrogens with zero attached hydrogens (tertiary/aromatic N) is 4. The van der Waals surface area contributed by atoms with E-state index in [2.05, 4.69) is 20.5 Å². The predicted molar refractivity (Wildman–Crippen MR) is 126 cm³/mol. The van der Waals surface area contributed by atoms with Crippen LogP contribution in [0.5, 0.6) is 5.75 Å². The van der Waals surface area contributed by atoms with E-state index in [0.29, 0.717) is 27.8 Å². The Hall–Kier alpha value is -3.04. The molecule has 0 radical (unpaired) electrons. The average molecular weight is 536 g/mol. The number of hydrogen-bond donors (Lipinski definition) is 3. The molecule has 0 atom stereocenters. The zero-order valence-electron chi connectivity index (χ0n) is 18.6. The third kappa shape index (κ3) is 6.59. The van der Waals surface area contributed by atoms with E-state index in [9.17, 15) is 26.5 Å². The smallest absolute Gasteiger partial charge is 0.506 e. The van der Waals surface area contributed by atoms with E-state index in [1.54, 1.807) is 24.3 Å². The number of fused-ring (bicyclic) bond motifs is 1. The molecule has 178 valence electrons. The van der Waals surface area contributed by atoms with Gasteiger partial charge in [0.05, 0.1) is 26.9 Å². The molecule has 0 aliphatic rings. The Kier molecular flexibility index (Phi) is 8.36. The minimum Gasteiger partial charge on any atom is -0.506 e. The standard InChI is InChI=1S/C22H16N4O7S2.Na/c27-21-12-1-14-13-19(35(31,32)33)10-11-20(14)22(21)26-25-16-4-2-15(3-5-16)23-24-17-6-8-18(9-7-17)34(28,29)30;/h1-13,27H,(H,28,29,30)(H,31,32,33);/q;+1. The summed E-state index contributed by atoms with van der Waals surface area (Å²) in [6, 6.07) is 18.4. The molecule has 36 heavy (non-hydrogen) atoms. The number of azo groups is 2. The summed E-state index contributed by atoms with van der Waals surface area (Å²) in [6.07, 6.45) is 0. The minimum absolute atomic E-state index is 0. The SMILES string of the molecule is O=S(=O)(O)c1ccc(N=Nc2ccc(N=Nc3c(O)ccc4cc(S(=O)(=O)O)ccc34)cc2)cc1.[Na+]. The van der Waals surface area contributed by atoms with E-state index >= 15 is 0 Å². The molecule has 14 heteroatoms. The molecule has 0 fully saturated rings. The number of benzene rings is 4. The van der Waals surface area contributed by atoms with Gasteiger partial charge in [-0.25, -0.2) is 0 Å². The molecule has 0 spiro atoms. The normalized spacial score (nSPS) is 12.3. The molecular weight excluding hydrogens is 519 g/mol. The van der Waals surface area contributed by atoms with Crippen LogP contribution in [-0.2, 0) is 20.2 Å². The molecule has 4 aromatic rings. The monoisotopic (exact) mass is 535 g/mol. The van der Waals surface area contributed by atoms with E-state index in [0.717, 1.165) is 0 Å². The average Bonchev–Trinajstić information content (AvgIpc) is 2.81. The fourth-order valence-corrected chi connectivity index (χ4v) is 4.04. The first-order valence-corrected chi connectivity index (χ1v) is 12.6. The largest absolute Gasteiger partial charge is 1.00 e. The van der Waals surface area contributed by atoms with Crippen molar-refractivity contribution in [1.29, 1.82) is 0 Å². The summed E-state index contributed by atoms with van der Waals surface area (Å²) in [5.41, 5.74) is 1.42. The predicted octanol–water partition coefficient (Wildman–Crippen LogP) is 2.87. The maximum absolute atomic E-state index is 11.4. The number of aromatic hydroxyl groups is 1. The Balaban J connectivity index is 0.00000361. The Labute approximate surface area is 228 Å². The summed E-state index contributed by atoms with van der Waals surface area (Å²) in [4.78, 5) is -0.528. The topological polar surface area (TPSA) is 178 Å². The van der Waals surface area contributed by atoms with Crippen LogP contribution >= 0.6 is 0 Å². The number of phenolic OH excluding ortho intramolecular Hbond substituents is 1. The van der Waals surface area contributed by atoms with Crippen LogP contribution in [0.3, 0.4) is 0 Å². The van der Waals surface area contributed by atoms with Crippen molar-refractivity contribution < 1.29 is 60.6 Å². The van der Waals surface area contributed by atoms with Crippen LogP contribution < -0.4 is 29.6 Å². The molecule has 11 nitrogen and oxygen atoms in total. The summed E-state index contributed by atoms with van der Waals surface area (Å²) in [7, 11) is -8.66. The van der Waals surface area contributed by atoms with Gasteiger partial charge in [0.15, 0.2) is 0 Å². The van der Waals surface area contributed by atoms with E-state index in [4.69, 9.17) is 4.55 Å². The molecule has 0 aliphatic heterocycles. The second-order valence-electron chi connectivity index (χ2n) is 7.18. The summed E-state index contributed by atoms with van der Waals surface area (Å²) < 4.78 is 63.1. The zero-order chi connectivity index (χ0) is 25.2. The van der Waals surface area contributed by atoms with E-state index in [-0.39, 0.29) is 50.8 Å². The van der Waals surface area contributed by atoms with Crippen LogP contribution in [0.15, 0.2) is 109 Å². The van der Waals surface area contributed by atoms with E-state index in [1.165, 1.54) is 54.6 Å². The van der Waals surface area contributed by atoms with Crippen LogP contribution in [0.25, 0.3) is 10.8 Å². The van der Waals surface area contributed by atoms with Crippen molar-refractivity contribution in [3.63, 3.8) is 0 Å². The summed E-state index contributed by atoms with van der Waals surface area (Å²) in [5.74, 6) is -0.161. The Morgan fingerprint density at radius 2 is 1.00 bits per heavy atom. The molecule has 0 bridgehead atoms. The third-order valence-electron chi connectivity index (χ3n) is 4.77. The van der Waals surface area contributed by atoms with Gasteiger partial charge in [0.2, 0.25) is 0 Å². The first-order chi connectivity index (χ1) is 16.5. The van der Waals surface area contributed by atoms with Crippen LogP contribution in [0.1, 0.15) is 0 Å². The van der Waals surface area contributed by atoms with Gasteiger partial charge < -0.3 is 5.11 Å². The molecule has 4 aromatic carbocycles. The van der Waals surface area contributed by atoms with Gasteiger partial charge in [-0.15, -0.1) is 5.11 Å². The zero-order valence-corrected chi connectivity index (χ0v) is 22.2. The van der Waals surface area contributed by atoms with Gasteiger partial charge in [-0.2, -0.15) is 32.2 Å². The van der Waals surface area contributed by atoms with Crippen molar-refractivity contribution in [3.8, 4) is 5.75 Å². The van der Waals surface area contributed by atoms with Crippen LogP contribution in [-0.4, -0.2) is 31.0 Å². The summed E-state index contributed by atoms with van der Waals surface area (Å²) in [6.45, 7) is 0. The molecule has 0 heterocycles. The van der Waals surface area contributed by atoms with Crippen LogP contribution in [0.2, 0.25) is 0 Å². The number of rotatable bonds is 6. The second-order valence-corrected chi connectivity index (χ2v) is 10.0. The number of hydrogen-bond acceptors (Lipinski definition) is 9. The van der Waals surface area contributed by atoms with Crippen molar-refractivity contribution in [1.82, 2.24) is 0 Å². The van der Waals surface area contributed by atoms with Crippen molar-refractivity contribution in [3.05, 3.63) is 78.9 Å². The van der Waals surface area contributed by atoms with E-state index in [1.807, 2.05) is 0 Å². The van der Waals surface area contributed by atoms with Crippen molar-refractivity contribution >= 4 is 53.8 Å². The fourth-order valence-electron chi connectivity index (χ4n) is 3.04. The Morgan fingerprint density at radius 3 is 1.50 bits per heavy atom. The molecule has 0 saturated heterocycles. The van der Waals surface area contributed by atoms with Gasteiger partial charge in [0.1, 0.15) is 11.4 Å². The first-order valence-electron chi connectivity index (χ1n) is 9.75. The molecule has 3 N–H and O–H groups in total. The third-order valence-corrected chi connectivity index (χ3v) is 6.49. The van der Waals surface area contributed by atoms with Crippen molar-refractivity contribution in [2.45, 2.75) is 9.79 Å². The van der Waals surface area contributed by atoms with Crippen molar-refractivity contribution in [2.75, 3.05) is 0 Å². The summed E-state index contributed by atoms with van der Waals surface area (Å²) >= 11 is 0. The Morgan fingerprint density at radius 1 is 0.556 bits per heavy atom. The molecule has 4 rings (SSSR count). The summed E-state index contributed by atoms with van der Waals surface area (Å²) in [5, 5.41) is 27.3. The molecule has 0 aliphatic carbocycles.